The van der Waals surface area contributed by atoms with E-state index < -0.39 is 0 Å². The van der Waals surface area contributed by atoms with Crippen molar-refractivity contribution in [3.63, 3.8) is 0 Å². The summed E-state index contributed by atoms with van der Waals surface area (Å²) in [5, 5.41) is 0. The molecule has 0 radical (unpaired) electrons. The maximum Gasteiger partial charge on any atom is 0.176 e. The Hall–Kier alpha value is -1.15. The zero-order valence-corrected chi connectivity index (χ0v) is 12.4. The molecule has 0 aliphatic heterocycles. The Morgan fingerprint density at radius 1 is 1.32 bits per heavy atom. The van der Waals surface area contributed by atoms with Gasteiger partial charge in [0.2, 0.25) is 0 Å². The van der Waals surface area contributed by atoms with Gasteiger partial charge in [-0.3, -0.25) is 9.69 Å². The van der Waals surface area contributed by atoms with Gasteiger partial charge in [-0.15, -0.1) is 0 Å². The molecule has 0 spiro atoms. The molecule has 1 aromatic carbocycles. The lowest BCUT2D eigenvalue weighted by Gasteiger charge is -2.23. The molecule has 1 atom stereocenters. The molecule has 2 rings (SSSR count). The first-order chi connectivity index (χ1) is 9.11. The third kappa shape index (κ3) is 3.90. The number of rotatable bonds is 7. The van der Waals surface area contributed by atoms with Crippen LogP contribution in [0.3, 0.4) is 0 Å². The third-order valence-electron chi connectivity index (χ3n) is 4.21. The molecule has 2 heteroatoms. The first-order valence-corrected chi connectivity index (χ1v) is 7.44. The summed E-state index contributed by atoms with van der Waals surface area (Å²) in [6.45, 7) is 4.94. The Morgan fingerprint density at radius 3 is 2.47 bits per heavy atom. The molecule has 0 aromatic heterocycles. The van der Waals surface area contributed by atoms with Gasteiger partial charge in [-0.05, 0) is 44.7 Å². The van der Waals surface area contributed by atoms with Gasteiger partial charge in [0.1, 0.15) is 0 Å². The molecule has 1 saturated carbocycles. The van der Waals surface area contributed by atoms with E-state index in [0.717, 1.165) is 24.3 Å². The standard InChI is InChI=1S/C17H25NO/c1-4-5-14-6-8-16(9-7-14)17(19)12-18(3)13(2)15-10-11-15/h6-9,13,15H,4-5,10-12H2,1-3H3. The number of hydrogen-bond donors (Lipinski definition) is 0. The van der Waals surface area contributed by atoms with E-state index in [1.54, 1.807) is 0 Å². The smallest absolute Gasteiger partial charge is 0.176 e. The first kappa shape index (κ1) is 14.3. The second kappa shape index (κ2) is 6.33. The van der Waals surface area contributed by atoms with E-state index in [4.69, 9.17) is 0 Å². The molecule has 0 saturated heterocycles. The van der Waals surface area contributed by atoms with Crippen molar-refractivity contribution < 1.29 is 4.79 Å². The number of nitrogens with zero attached hydrogens (tertiary/aromatic N) is 1. The van der Waals surface area contributed by atoms with Crippen molar-refractivity contribution in [3.8, 4) is 0 Å². The SMILES string of the molecule is CCCc1ccc(C(=O)CN(C)C(C)C2CC2)cc1. The molecule has 1 aromatic rings. The predicted octanol–water partition coefficient (Wildman–Crippen LogP) is 3.55. The van der Waals surface area contributed by atoms with Crippen LogP contribution >= 0.6 is 0 Å². The molecule has 0 N–H and O–H groups in total. The van der Waals surface area contributed by atoms with Crippen molar-refractivity contribution in [1.29, 1.82) is 0 Å². The summed E-state index contributed by atoms with van der Waals surface area (Å²) < 4.78 is 0. The maximum absolute atomic E-state index is 12.2. The van der Waals surface area contributed by atoms with Gasteiger partial charge in [-0.1, -0.05) is 37.6 Å². The molecule has 1 unspecified atom stereocenters. The average Bonchev–Trinajstić information content (AvgIpc) is 3.23. The zero-order chi connectivity index (χ0) is 13.8. The fraction of sp³-hybridized carbons (Fsp3) is 0.588. The van der Waals surface area contributed by atoms with Gasteiger partial charge in [-0.2, -0.15) is 0 Å². The molecule has 1 aliphatic rings. The summed E-state index contributed by atoms with van der Waals surface area (Å²) in [6, 6.07) is 8.65. The second-order valence-corrected chi connectivity index (χ2v) is 5.86. The van der Waals surface area contributed by atoms with Gasteiger partial charge in [0, 0.05) is 11.6 Å². The van der Waals surface area contributed by atoms with Crippen LogP contribution in [0.1, 0.15) is 49.0 Å². The summed E-state index contributed by atoms with van der Waals surface area (Å²) in [4.78, 5) is 14.4. The zero-order valence-electron chi connectivity index (χ0n) is 12.4. The molecular weight excluding hydrogens is 234 g/mol. The van der Waals surface area contributed by atoms with E-state index in [-0.39, 0.29) is 5.78 Å². The molecule has 2 nitrogen and oxygen atoms in total. The van der Waals surface area contributed by atoms with Crippen LogP contribution in [0, 0.1) is 5.92 Å². The lowest BCUT2D eigenvalue weighted by molar-refractivity contribution is 0.0917. The summed E-state index contributed by atoms with van der Waals surface area (Å²) in [6.07, 6.45) is 4.89. The van der Waals surface area contributed by atoms with Crippen LogP contribution in [0.25, 0.3) is 0 Å². The summed E-state index contributed by atoms with van der Waals surface area (Å²) in [5.41, 5.74) is 2.16. The van der Waals surface area contributed by atoms with Crippen molar-refractivity contribution in [1.82, 2.24) is 4.90 Å². The maximum atomic E-state index is 12.2. The van der Waals surface area contributed by atoms with Crippen LogP contribution < -0.4 is 0 Å². The van der Waals surface area contributed by atoms with Crippen LogP contribution in [0.15, 0.2) is 24.3 Å². The van der Waals surface area contributed by atoms with Crippen LogP contribution in [0.5, 0.6) is 0 Å². The Kier molecular flexibility index (Phi) is 4.76. The largest absolute Gasteiger partial charge is 0.296 e. The fourth-order valence-corrected chi connectivity index (χ4v) is 2.55. The number of carbonyl (C=O) groups excluding carboxylic acids is 1. The molecule has 19 heavy (non-hydrogen) atoms. The molecular formula is C17H25NO. The van der Waals surface area contributed by atoms with Crippen molar-refractivity contribution in [3.05, 3.63) is 35.4 Å². The Balaban J connectivity index is 1.91. The van der Waals surface area contributed by atoms with E-state index in [1.165, 1.54) is 18.4 Å². The average molecular weight is 259 g/mol. The van der Waals surface area contributed by atoms with Crippen LogP contribution in [-0.4, -0.2) is 30.3 Å². The normalized spacial score (nSPS) is 16.6. The number of carbonyl (C=O) groups is 1. The van der Waals surface area contributed by atoms with E-state index in [1.807, 2.05) is 12.1 Å². The minimum absolute atomic E-state index is 0.234. The highest BCUT2D eigenvalue weighted by Gasteiger charge is 2.31. The third-order valence-corrected chi connectivity index (χ3v) is 4.21. The molecule has 0 heterocycles. The number of likely N-dealkylation sites (N-methyl/N-ethyl adjacent to an activating group) is 1. The highest BCUT2D eigenvalue weighted by atomic mass is 16.1. The van der Waals surface area contributed by atoms with Gasteiger partial charge < -0.3 is 0 Å². The van der Waals surface area contributed by atoms with Crippen molar-refractivity contribution in [2.75, 3.05) is 13.6 Å². The Labute approximate surface area is 116 Å². The predicted molar refractivity (Wildman–Crippen MR) is 79.6 cm³/mol. The van der Waals surface area contributed by atoms with Crippen molar-refractivity contribution in [2.24, 2.45) is 5.92 Å². The Bertz CT molecular complexity index is 419. The summed E-state index contributed by atoms with van der Waals surface area (Å²) in [5.74, 6) is 1.04. The van der Waals surface area contributed by atoms with E-state index in [2.05, 4.69) is 37.9 Å². The minimum atomic E-state index is 0.234. The van der Waals surface area contributed by atoms with Crippen LogP contribution in [-0.2, 0) is 6.42 Å². The monoisotopic (exact) mass is 259 g/mol. The van der Waals surface area contributed by atoms with Gasteiger partial charge in [0.05, 0.1) is 6.54 Å². The van der Waals surface area contributed by atoms with Crippen molar-refractivity contribution in [2.45, 2.75) is 45.6 Å². The summed E-state index contributed by atoms with van der Waals surface area (Å²) in [7, 11) is 2.06. The van der Waals surface area contributed by atoms with E-state index >= 15 is 0 Å². The highest BCUT2D eigenvalue weighted by Crippen LogP contribution is 2.34. The number of aryl methyl sites for hydroxylation is 1. The first-order valence-electron chi connectivity index (χ1n) is 7.44. The quantitative estimate of drug-likeness (QED) is 0.698. The number of hydrogen-bond acceptors (Lipinski definition) is 2. The van der Waals surface area contributed by atoms with Gasteiger partial charge in [0.15, 0.2) is 5.78 Å². The molecule has 0 amide bonds. The lowest BCUT2D eigenvalue weighted by Crippen LogP contribution is -2.35. The topological polar surface area (TPSA) is 20.3 Å². The molecule has 1 aliphatic carbocycles. The Morgan fingerprint density at radius 2 is 1.95 bits per heavy atom. The van der Waals surface area contributed by atoms with Gasteiger partial charge >= 0.3 is 0 Å². The minimum Gasteiger partial charge on any atom is -0.296 e. The number of ketones is 1. The van der Waals surface area contributed by atoms with Gasteiger partial charge in [0.25, 0.3) is 0 Å². The number of benzene rings is 1. The van der Waals surface area contributed by atoms with Crippen LogP contribution in [0.2, 0.25) is 0 Å². The van der Waals surface area contributed by atoms with E-state index in [0.29, 0.717) is 12.6 Å². The highest BCUT2D eigenvalue weighted by molar-refractivity contribution is 5.97. The van der Waals surface area contributed by atoms with E-state index in [9.17, 15) is 4.79 Å². The second-order valence-electron chi connectivity index (χ2n) is 5.86. The molecule has 0 bridgehead atoms. The van der Waals surface area contributed by atoms with Crippen LogP contribution in [0.4, 0.5) is 0 Å². The molecule has 1 fully saturated rings. The molecule has 104 valence electrons. The number of Topliss-reactive ketones (excluding diaryl/α,β-unsaturated/α-hetero) is 1. The fourth-order valence-electron chi connectivity index (χ4n) is 2.55. The summed E-state index contributed by atoms with van der Waals surface area (Å²) >= 11 is 0. The lowest BCUT2D eigenvalue weighted by atomic mass is 10.0. The van der Waals surface area contributed by atoms with Crippen molar-refractivity contribution >= 4 is 5.78 Å². The van der Waals surface area contributed by atoms with Gasteiger partial charge in [-0.25, -0.2) is 0 Å².